The first kappa shape index (κ1) is 22.4. The Bertz CT molecular complexity index is 589. The van der Waals surface area contributed by atoms with Crippen LogP contribution in [0.2, 0.25) is 0 Å². The molecule has 3 rings (SSSR count). The van der Waals surface area contributed by atoms with Crippen molar-refractivity contribution < 1.29 is 9.53 Å². The minimum Gasteiger partial charge on any atom is -0.462 e. The predicted molar refractivity (Wildman–Crippen MR) is 121 cm³/mol. The molecule has 0 saturated heterocycles. The second-order valence-corrected chi connectivity index (χ2v) is 9.66. The summed E-state index contributed by atoms with van der Waals surface area (Å²) in [5.41, 5.74) is 2.02. The molecule has 0 aliphatic heterocycles. The van der Waals surface area contributed by atoms with Gasteiger partial charge in [0, 0.05) is 0 Å². The Hall–Kier alpha value is -1.31. The Kier molecular flexibility index (Phi) is 9.08. The topological polar surface area (TPSA) is 26.3 Å². The molecule has 0 radical (unpaired) electrons. The molecule has 29 heavy (non-hydrogen) atoms. The standard InChI is InChI=1S/C27H42O2/c1-3-5-6-21-9-15-24(16-10-21)25-17-11-22(12-18-25)7-8-23-13-19-26(20-14-23)27(28)29-4-2/h13-14,19-22,24-25H,3-12,15-18H2,1-2H3/t21-,22?,24-,25?. The third kappa shape index (κ3) is 6.86. The second kappa shape index (κ2) is 11.8. The molecule has 0 aromatic heterocycles. The van der Waals surface area contributed by atoms with Crippen LogP contribution >= 0.6 is 0 Å². The van der Waals surface area contributed by atoms with Gasteiger partial charge in [-0.05, 0) is 86.8 Å². The maximum absolute atomic E-state index is 11.8. The van der Waals surface area contributed by atoms with Crippen molar-refractivity contribution in [2.45, 2.75) is 97.3 Å². The molecule has 162 valence electrons. The first-order valence-corrected chi connectivity index (χ1v) is 12.5. The lowest BCUT2D eigenvalue weighted by Gasteiger charge is -2.38. The van der Waals surface area contributed by atoms with E-state index in [1.807, 2.05) is 19.1 Å². The van der Waals surface area contributed by atoms with E-state index in [1.165, 1.54) is 82.6 Å². The van der Waals surface area contributed by atoms with Crippen LogP contribution in [-0.2, 0) is 11.2 Å². The number of benzene rings is 1. The fraction of sp³-hybridized carbons (Fsp3) is 0.741. The summed E-state index contributed by atoms with van der Waals surface area (Å²) in [4.78, 5) is 11.8. The van der Waals surface area contributed by atoms with Crippen LogP contribution in [0.25, 0.3) is 0 Å². The van der Waals surface area contributed by atoms with E-state index >= 15 is 0 Å². The van der Waals surface area contributed by atoms with Crippen LogP contribution in [0.1, 0.15) is 107 Å². The van der Waals surface area contributed by atoms with Crippen LogP contribution in [0.15, 0.2) is 24.3 Å². The van der Waals surface area contributed by atoms with E-state index in [1.54, 1.807) is 0 Å². The summed E-state index contributed by atoms with van der Waals surface area (Å²) in [5, 5.41) is 0. The van der Waals surface area contributed by atoms with Crippen LogP contribution in [0.4, 0.5) is 0 Å². The highest BCUT2D eigenvalue weighted by atomic mass is 16.5. The SMILES string of the molecule is CCCC[C@H]1CC[C@H](C2CCC(CCc3ccc(C(=O)OCC)cc3)CC2)CC1. The Morgan fingerprint density at radius 2 is 1.38 bits per heavy atom. The number of rotatable bonds is 9. The lowest BCUT2D eigenvalue weighted by Crippen LogP contribution is -2.26. The van der Waals surface area contributed by atoms with Gasteiger partial charge in [-0.15, -0.1) is 0 Å². The molecule has 2 aliphatic rings. The van der Waals surface area contributed by atoms with Crippen molar-refractivity contribution in [1.29, 1.82) is 0 Å². The van der Waals surface area contributed by atoms with Crippen LogP contribution in [-0.4, -0.2) is 12.6 Å². The quantitative estimate of drug-likeness (QED) is 0.400. The summed E-state index contributed by atoms with van der Waals surface area (Å²) in [6, 6.07) is 8.05. The molecule has 0 N–H and O–H groups in total. The van der Waals surface area contributed by atoms with Crippen LogP contribution in [0.3, 0.4) is 0 Å². The zero-order valence-corrected chi connectivity index (χ0v) is 18.8. The Labute approximate surface area is 178 Å². The van der Waals surface area contributed by atoms with Crippen molar-refractivity contribution in [2.24, 2.45) is 23.7 Å². The van der Waals surface area contributed by atoms with Gasteiger partial charge in [-0.1, -0.05) is 64.0 Å². The van der Waals surface area contributed by atoms with Crippen molar-refractivity contribution in [1.82, 2.24) is 0 Å². The van der Waals surface area contributed by atoms with E-state index in [-0.39, 0.29) is 5.97 Å². The molecule has 0 amide bonds. The number of hydrogen-bond donors (Lipinski definition) is 0. The summed E-state index contributed by atoms with van der Waals surface area (Å²) in [6.45, 7) is 4.60. The number of carbonyl (C=O) groups is 1. The van der Waals surface area contributed by atoms with Gasteiger partial charge < -0.3 is 4.74 Å². The third-order valence-corrected chi connectivity index (χ3v) is 7.72. The van der Waals surface area contributed by atoms with Gasteiger partial charge >= 0.3 is 5.97 Å². The van der Waals surface area contributed by atoms with Gasteiger partial charge in [-0.3, -0.25) is 0 Å². The van der Waals surface area contributed by atoms with E-state index in [9.17, 15) is 4.79 Å². The van der Waals surface area contributed by atoms with E-state index in [2.05, 4.69) is 19.1 Å². The van der Waals surface area contributed by atoms with Gasteiger partial charge in [0.05, 0.1) is 12.2 Å². The number of carbonyl (C=O) groups excluding carboxylic acids is 1. The van der Waals surface area contributed by atoms with Gasteiger partial charge in [0.15, 0.2) is 0 Å². The second-order valence-electron chi connectivity index (χ2n) is 9.66. The molecule has 1 aromatic carbocycles. The molecule has 0 unspecified atom stereocenters. The monoisotopic (exact) mass is 398 g/mol. The number of aryl methyl sites for hydroxylation is 1. The van der Waals surface area contributed by atoms with Crippen LogP contribution < -0.4 is 0 Å². The molecule has 0 spiro atoms. The largest absolute Gasteiger partial charge is 0.462 e. The highest BCUT2D eigenvalue weighted by molar-refractivity contribution is 5.89. The van der Waals surface area contributed by atoms with Gasteiger partial charge in [0.25, 0.3) is 0 Å². The maximum atomic E-state index is 11.8. The molecular weight excluding hydrogens is 356 g/mol. The summed E-state index contributed by atoms with van der Waals surface area (Å²) in [6.07, 6.45) is 18.6. The van der Waals surface area contributed by atoms with Crippen molar-refractivity contribution in [3.05, 3.63) is 35.4 Å². The summed E-state index contributed by atoms with van der Waals surface area (Å²) < 4.78 is 5.07. The Morgan fingerprint density at radius 3 is 1.90 bits per heavy atom. The van der Waals surface area contributed by atoms with E-state index < -0.39 is 0 Å². The van der Waals surface area contributed by atoms with E-state index in [0.717, 1.165) is 30.1 Å². The summed E-state index contributed by atoms with van der Waals surface area (Å²) in [7, 11) is 0. The lowest BCUT2D eigenvalue weighted by molar-refractivity contribution is 0.0526. The van der Waals surface area contributed by atoms with Gasteiger partial charge in [-0.2, -0.15) is 0 Å². The number of ether oxygens (including phenoxy) is 1. The van der Waals surface area contributed by atoms with E-state index in [0.29, 0.717) is 12.2 Å². The van der Waals surface area contributed by atoms with Crippen molar-refractivity contribution in [3.8, 4) is 0 Å². The lowest BCUT2D eigenvalue weighted by atomic mass is 9.68. The molecule has 2 aliphatic carbocycles. The summed E-state index contributed by atoms with van der Waals surface area (Å²) >= 11 is 0. The maximum Gasteiger partial charge on any atom is 0.338 e. The first-order chi connectivity index (χ1) is 14.2. The highest BCUT2D eigenvalue weighted by Gasteiger charge is 2.30. The molecule has 0 heterocycles. The van der Waals surface area contributed by atoms with Crippen molar-refractivity contribution >= 4 is 5.97 Å². The van der Waals surface area contributed by atoms with Crippen LogP contribution in [0, 0.1) is 23.7 Å². The fourth-order valence-electron chi connectivity index (χ4n) is 5.78. The molecule has 2 nitrogen and oxygen atoms in total. The molecule has 0 bridgehead atoms. The zero-order chi connectivity index (χ0) is 20.5. The predicted octanol–water partition coefficient (Wildman–Crippen LogP) is 7.60. The first-order valence-electron chi connectivity index (χ1n) is 12.5. The van der Waals surface area contributed by atoms with Crippen molar-refractivity contribution in [3.63, 3.8) is 0 Å². The fourth-order valence-corrected chi connectivity index (χ4v) is 5.78. The minimum atomic E-state index is -0.211. The number of esters is 1. The van der Waals surface area contributed by atoms with Gasteiger partial charge in [0.1, 0.15) is 0 Å². The minimum absolute atomic E-state index is 0.211. The third-order valence-electron chi connectivity index (χ3n) is 7.72. The average molecular weight is 399 g/mol. The van der Waals surface area contributed by atoms with Crippen LogP contribution in [0.5, 0.6) is 0 Å². The molecule has 0 atom stereocenters. The zero-order valence-electron chi connectivity index (χ0n) is 18.8. The van der Waals surface area contributed by atoms with Crippen molar-refractivity contribution in [2.75, 3.05) is 6.61 Å². The highest BCUT2D eigenvalue weighted by Crippen LogP contribution is 2.43. The normalized spacial score (nSPS) is 27.5. The average Bonchev–Trinajstić information content (AvgIpc) is 2.77. The molecule has 1 aromatic rings. The summed E-state index contributed by atoms with van der Waals surface area (Å²) in [5.74, 6) is 3.78. The molecule has 2 heteroatoms. The number of unbranched alkanes of at least 4 members (excludes halogenated alkanes) is 1. The van der Waals surface area contributed by atoms with Gasteiger partial charge in [-0.25, -0.2) is 4.79 Å². The van der Waals surface area contributed by atoms with Gasteiger partial charge in [0.2, 0.25) is 0 Å². The van der Waals surface area contributed by atoms with E-state index in [4.69, 9.17) is 4.74 Å². The smallest absolute Gasteiger partial charge is 0.338 e. The Morgan fingerprint density at radius 1 is 0.828 bits per heavy atom. The molecular formula is C27H42O2. The number of hydrogen-bond acceptors (Lipinski definition) is 2. The molecule has 2 saturated carbocycles. The Balaban J connectivity index is 1.34. The molecule has 2 fully saturated rings.